The van der Waals surface area contributed by atoms with Crippen molar-refractivity contribution in [2.24, 2.45) is 0 Å². The van der Waals surface area contributed by atoms with Crippen LogP contribution in [-0.2, 0) is 5.41 Å². The Bertz CT molecular complexity index is 2970. The Morgan fingerprint density at radius 1 is 0.404 bits per heavy atom. The van der Waals surface area contributed by atoms with Crippen molar-refractivity contribution in [3.05, 3.63) is 169 Å². The van der Waals surface area contributed by atoms with Gasteiger partial charge in [0, 0.05) is 49.2 Å². The Hall–Kier alpha value is -6.65. The van der Waals surface area contributed by atoms with Gasteiger partial charge < -0.3 is 4.40 Å². The van der Waals surface area contributed by atoms with Crippen LogP contribution in [0.4, 0.5) is 0 Å². The zero-order valence-electron chi connectivity index (χ0n) is 28.8. The number of benzene rings is 7. The zero-order valence-corrected chi connectivity index (χ0v) is 28.8. The molecule has 4 nitrogen and oxygen atoms in total. The summed E-state index contributed by atoms with van der Waals surface area (Å²) in [6.45, 7) is 4.70. The molecule has 10 aromatic rings. The molecule has 1 aliphatic rings. The smallest absolute Gasteiger partial charge is 0.164 e. The van der Waals surface area contributed by atoms with Crippen LogP contribution in [0, 0.1) is 0 Å². The molecule has 7 aromatic carbocycles. The van der Waals surface area contributed by atoms with Gasteiger partial charge in [-0.15, -0.1) is 0 Å². The average molecular weight is 665 g/mol. The van der Waals surface area contributed by atoms with Crippen LogP contribution in [0.1, 0.15) is 25.0 Å². The van der Waals surface area contributed by atoms with Crippen LogP contribution in [-0.4, -0.2) is 19.4 Å². The van der Waals surface area contributed by atoms with Gasteiger partial charge in [0.05, 0.1) is 16.6 Å². The minimum atomic E-state index is -0.0765. The van der Waals surface area contributed by atoms with E-state index in [4.69, 9.17) is 15.0 Å². The molecule has 0 spiro atoms. The maximum atomic E-state index is 5.16. The number of hydrogen-bond donors (Lipinski definition) is 0. The number of fused-ring (bicyclic) bond motifs is 9. The third kappa shape index (κ3) is 4.00. The third-order valence-corrected chi connectivity index (χ3v) is 11.2. The third-order valence-electron chi connectivity index (χ3n) is 11.2. The Morgan fingerprint density at radius 3 is 1.75 bits per heavy atom. The molecule has 0 saturated heterocycles. The Labute approximate surface area is 301 Å². The molecule has 0 bridgehead atoms. The molecular formula is C48H32N4. The van der Waals surface area contributed by atoms with E-state index in [0.717, 1.165) is 22.1 Å². The summed E-state index contributed by atoms with van der Waals surface area (Å²) in [6, 6.07) is 56.3. The topological polar surface area (TPSA) is 43.1 Å². The molecule has 244 valence electrons. The van der Waals surface area contributed by atoms with E-state index in [2.05, 4.69) is 140 Å². The molecule has 3 heterocycles. The summed E-state index contributed by atoms with van der Waals surface area (Å²) < 4.78 is 2.48. The van der Waals surface area contributed by atoms with Gasteiger partial charge in [0.25, 0.3) is 0 Å². The quantitative estimate of drug-likeness (QED) is 0.188. The largest absolute Gasteiger partial charge is 0.307 e. The van der Waals surface area contributed by atoms with Crippen molar-refractivity contribution in [3.8, 4) is 56.4 Å². The van der Waals surface area contributed by atoms with E-state index < -0.39 is 0 Å². The van der Waals surface area contributed by atoms with Gasteiger partial charge >= 0.3 is 0 Å². The normalized spacial score (nSPS) is 13.3. The predicted octanol–water partition coefficient (Wildman–Crippen LogP) is 12.0. The minimum Gasteiger partial charge on any atom is -0.307 e. The van der Waals surface area contributed by atoms with Crippen LogP contribution >= 0.6 is 0 Å². The lowest BCUT2D eigenvalue weighted by molar-refractivity contribution is 0.660. The summed E-state index contributed by atoms with van der Waals surface area (Å²) in [4.78, 5) is 15.3. The highest BCUT2D eigenvalue weighted by atomic mass is 15.0. The maximum Gasteiger partial charge on any atom is 0.164 e. The first-order valence-electron chi connectivity index (χ1n) is 17.9. The lowest BCUT2D eigenvalue weighted by Crippen LogP contribution is -2.14. The van der Waals surface area contributed by atoms with Gasteiger partial charge in [0.2, 0.25) is 0 Å². The van der Waals surface area contributed by atoms with Crippen LogP contribution < -0.4 is 0 Å². The summed E-state index contributed by atoms with van der Waals surface area (Å²) in [7, 11) is 0. The van der Waals surface area contributed by atoms with E-state index in [1.165, 1.54) is 66.1 Å². The molecule has 0 N–H and O–H groups in total. The van der Waals surface area contributed by atoms with Crippen molar-refractivity contribution in [2.45, 2.75) is 19.3 Å². The first-order valence-corrected chi connectivity index (χ1v) is 17.9. The molecule has 4 heteroatoms. The summed E-state index contributed by atoms with van der Waals surface area (Å²) in [6.07, 6.45) is 0. The molecule has 0 atom stereocenters. The van der Waals surface area contributed by atoms with Crippen LogP contribution in [0.25, 0.3) is 94.5 Å². The van der Waals surface area contributed by atoms with E-state index in [9.17, 15) is 0 Å². The van der Waals surface area contributed by atoms with Crippen molar-refractivity contribution in [1.29, 1.82) is 0 Å². The highest BCUT2D eigenvalue weighted by Gasteiger charge is 2.35. The number of para-hydroxylation sites is 2. The van der Waals surface area contributed by atoms with E-state index >= 15 is 0 Å². The zero-order chi connectivity index (χ0) is 34.6. The van der Waals surface area contributed by atoms with Gasteiger partial charge in [0.15, 0.2) is 17.5 Å². The summed E-state index contributed by atoms with van der Waals surface area (Å²) in [5, 5.41) is 4.80. The van der Waals surface area contributed by atoms with Crippen molar-refractivity contribution in [3.63, 3.8) is 0 Å². The highest BCUT2D eigenvalue weighted by Crippen LogP contribution is 2.51. The Morgan fingerprint density at radius 2 is 0.981 bits per heavy atom. The fraction of sp³-hybridized carbons (Fsp3) is 0.0625. The van der Waals surface area contributed by atoms with Gasteiger partial charge in [-0.3, -0.25) is 0 Å². The van der Waals surface area contributed by atoms with E-state index in [0.29, 0.717) is 17.5 Å². The first kappa shape index (κ1) is 29.1. The summed E-state index contributed by atoms with van der Waals surface area (Å²) >= 11 is 0. The summed E-state index contributed by atoms with van der Waals surface area (Å²) in [5.41, 5.74) is 14.3. The molecule has 1 aliphatic carbocycles. The van der Waals surface area contributed by atoms with E-state index in [1.54, 1.807) is 0 Å². The molecule has 0 saturated carbocycles. The second-order valence-electron chi connectivity index (χ2n) is 14.4. The van der Waals surface area contributed by atoms with Crippen LogP contribution in [0.3, 0.4) is 0 Å². The Balaban J connectivity index is 1.19. The fourth-order valence-corrected chi connectivity index (χ4v) is 8.77. The molecule has 3 aromatic heterocycles. The van der Waals surface area contributed by atoms with Crippen molar-refractivity contribution in [1.82, 2.24) is 19.4 Å². The molecule has 0 aliphatic heterocycles. The number of rotatable bonds is 4. The number of hydrogen-bond acceptors (Lipinski definition) is 3. The predicted molar refractivity (Wildman–Crippen MR) is 214 cm³/mol. The van der Waals surface area contributed by atoms with Crippen LogP contribution in [0.15, 0.2) is 158 Å². The molecule has 0 fully saturated rings. The molecule has 0 radical (unpaired) electrons. The van der Waals surface area contributed by atoms with Crippen LogP contribution in [0.5, 0.6) is 0 Å². The van der Waals surface area contributed by atoms with Crippen molar-refractivity contribution < 1.29 is 0 Å². The van der Waals surface area contributed by atoms with Crippen LogP contribution in [0.2, 0.25) is 0 Å². The van der Waals surface area contributed by atoms with Gasteiger partial charge in [-0.1, -0.05) is 153 Å². The second kappa shape index (κ2) is 10.7. The highest BCUT2D eigenvalue weighted by molar-refractivity contribution is 6.28. The van der Waals surface area contributed by atoms with Gasteiger partial charge in [-0.25, -0.2) is 15.0 Å². The Kier molecular flexibility index (Phi) is 5.98. The maximum absolute atomic E-state index is 5.16. The molecule has 0 unspecified atom stereocenters. The molecule has 0 amide bonds. The van der Waals surface area contributed by atoms with Gasteiger partial charge in [0.1, 0.15) is 0 Å². The lowest BCUT2D eigenvalue weighted by atomic mass is 9.81. The minimum absolute atomic E-state index is 0.0765. The number of nitrogens with zero attached hydrogens (tertiary/aromatic N) is 4. The van der Waals surface area contributed by atoms with Crippen molar-refractivity contribution in [2.75, 3.05) is 0 Å². The van der Waals surface area contributed by atoms with Gasteiger partial charge in [-0.05, 0) is 46.0 Å². The van der Waals surface area contributed by atoms with E-state index in [-0.39, 0.29) is 5.41 Å². The van der Waals surface area contributed by atoms with E-state index in [1.807, 2.05) is 36.4 Å². The van der Waals surface area contributed by atoms with Gasteiger partial charge in [-0.2, -0.15) is 0 Å². The monoisotopic (exact) mass is 664 g/mol. The lowest BCUT2D eigenvalue weighted by Gasteiger charge is -2.22. The fourth-order valence-electron chi connectivity index (χ4n) is 8.77. The SMILES string of the molecule is CC1(C)c2ccccc2-c2ccc(-c3cccc4c5ccc(-c6nc(-c7ccccc7)nc(-c7ccccc7)n6)c6c7ccccc7n(c34)c56)cc21. The molecule has 11 rings (SSSR count). The van der Waals surface area contributed by atoms with Crippen molar-refractivity contribution >= 4 is 38.1 Å². The molecule has 52 heavy (non-hydrogen) atoms. The molecular weight excluding hydrogens is 633 g/mol. The average Bonchev–Trinajstić information content (AvgIpc) is 3.81. The first-order chi connectivity index (χ1) is 25.6. The summed E-state index contributed by atoms with van der Waals surface area (Å²) in [5.74, 6) is 1.99. The number of aromatic nitrogens is 4. The standard InChI is InChI=1S/C48H32N4/c1-48(2)39-22-11-9-18-33(39)34-25-24-31(28-40(34)48)32-20-13-21-35-36-26-27-38(42-37-19-10-12-23-41(37)52(43(32)35)44(36)42)47-50-45(29-14-5-3-6-15-29)49-46(51-47)30-16-7-4-8-17-30/h3-28H,1-2H3. The second-order valence-corrected chi connectivity index (χ2v) is 14.4.